The van der Waals surface area contributed by atoms with Crippen LogP contribution in [0.2, 0.25) is 0 Å². The number of rotatable bonds is 3. The summed E-state index contributed by atoms with van der Waals surface area (Å²) in [6, 6.07) is 14.4. The number of esters is 1. The number of allylic oxidation sites excluding steroid dienone is 1. The molecule has 2 aromatic carbocycles. The average molecular weight is 381 g/mol. The Kier molecular flexibility index (Phi) is 5.27. The van der Waals surface area contributed by atoms with Crippen molar-refractivity contribution >= 4 is 29.4 Å². The highest BCUT2D eigenvalue weighted by atomic mass is 32.2. The number of thioether (sulfide) groups is 1. The fourth-order valence-electron chi connectivity index (χ4n) is 4.05. The molecule has 0 aromatic heterocycles. The standard InChI is InChI=1S/C24H28O2S/c1-16(13-17-7-9-18(10-8-17)22(25)26-6)19-11-12-21-20(14-19)23(2,3)15-24(4,5)27-21/h7-14H,15H2,1-6H3/b16-13+. The number of ether oxygens (including phenoxy) is 1. The van der Waals surface area contributed by atoms with Crippen molar-refractivity contribution in [2.75, 3.05) is 7.11 Å². The molecule has 27 heavy (non-hydrogen) atoms. The third-order valence-corrected chi connectivity index (χ3v) is 6.41. The summed E-state index contributed by atoms with van der Waals surface area (Å²) >= 11 is 1.98. The van der Waals surface area contributed by atoms with E-state index >= 15 is 0 Å². The lowest BCUT2D eigenvalue weighted by molar-refractivity contribution is 0.0600. The van der Waals surface area contributed by atoms with Crippen molar-refractivity contribution in [1.82, 2.24) is 0 Å². The molecule has 1 aliphatic rings. The molecular weight excluding hydrogens is 352 g/mol. The molecule has 0 bridgehead atoms. The number of fused-ring (bicyclic) bond motifs is 1. The quantitative estimate of drug-likeness (QED) is 0.444. The lowest BCUT2D eigenvalue weighted by Gasteiger charge is -2.42. The second-order valence-corrected chi connectivity index (χ2v) is 10.3. The summed E-state index contributed by atoms with van der Waals surface area (Å²) in [4.78, 5) is 13.0. The Hall–Kier alpha value is -2.00. The van der Waals surface area contributed by atoms with Crippen LogP contribution in [0.25, 0.3) is 11.6 Å². The van der Waals surface area contributed by atoms with Gasteiger partial charge in [0, 0.05) is 9.64 Å². The molecule has 0 atom stereocenters. The number of methoxy groups -OCH3 is 1. The first-order chi connectivity index (χ1) is 12.6. The van der Waals surface area contributed by atoms with Gasteiger partial charge in [-0.1, -0.05) is 52.0 Å². The molecule has 0 unspecified atom stereocenters. The molecule has 0 saturated carbocycles. The van der Waals surface area contributed by atoms with Crippen LogP contribution in [-0.4, -0.2) is 17.8 Å². The molecule has 2 aromatic rings. The van der Waals surface area contributed by atoms with Gasteiger partial charge in [0.2, 0.25) is 0 Å². The Morgan fingerprint density at radius 3 is 2.30 bits per heavy atom. The molecule has 3 heteroatoms. The topological polar surface area (TPSA) is 26.3 Å². The minimum absolute atomic E-state index is 0.169. The summed E-state index contributed by atoms with van der Waals surface area (Å²) in [6.45, 7) is 11.5. The predicted octanol–water partition coefficient (Wildman–Crippen LogP) is 6.59. The van der Waals surface area contributed by atoms with Crippen LogP contribution in [-0.2, 0) is 10.2 Å². The van der Waals surface area contributed by atoms with E-state index in [1.807, 2.05) is 23.9 Å². The largest absolute Gasteiger partial charge is 0.465 e. The van der Waals surface area contributed by atoms with E-state index in [0.29, 0.717) is 5.56 Å². The summed E-state index contributed by atoms with van der Waals surface area (Å²) in [5.41, 5.74) is 5.73. The predicted molar refractivity (Wildman–Crippen MR) is 115 cm³/mol. The SMILES string of the molecule is COC(=O)c1ccc(/C=C(\C)c2ccc3c(c2)C(C)(C)CC(C)(C)S3)cc1. The summed E-state index contributed by atoms with van der Waals surface area (Å²) in [5.74, 6) is -0.306. The molecule has 3 rings (SSSR count). The molecule has 0 spiro atoms. The molecule has 1 heterocycles. The molecular formula is C24H28O2S. The van der Waals surface area contributed by atoms with Crippen LogP contribution in [0.4, 0.5) is 0 Å². The monoisotopic (exact) mass is 380 g/mol. The second-order valence-electron chi connectivity index (χ2n) is 8.57. The van der Waals surface area contributed by atoms with Crippen LogP contribution in [0.5, 0.6) is 0 Å². The van der Waals surface area contributed by atoms with Gasteiger partial charge in [-0.2, -0.15) is 0 Å². The van der Waals surface area contributed by atoms with Gasteiger partial charge in [-0.05, 0) is 65.3 Å². The van der Waals surface area contributed by atoms with Gasteiger partial charge in [0.25, 0.3) is 0 Å². The van der Waals surface area contributed by atoms with Crippen LogP contribution in [0.1, 0.15) is 68.1 Å². The molecule has 2 nitrogen and oxygen atoms in total. The Balaban J connectivity index is 1.91. The maximum atomic E-state index is 11.6. The number of benzene rings is 2. The van der Waals surface area contributed by atoms with Crippen molar-refractivity contribution in [1.29, 1.82) is 0 Å². The van der Waals surface area contributed by atoms with Gasteiger partial charge in [0.15, 0.2) is 0 Å². The van der Waals surface area contributed by atoms with Crippen LogP contribution in [0, 0.1) is 0 Å². The number of carbonyl (C=O) groups excluding carboxylic acids is 1. The van der Waals surface area contributed by atoms with Crippen LogP contribution in [0.3, 0.4) is 0 Å². The summed E-state index contributed by atoms with van der Waals surface area (Å²) in [6.07, 6.45) is 3.33. The van der Waals surface area contributed by atoms with Crippen molar-refractivity contribution in [2.45, 2.75) is 56.1 Å². The van der Waals surface area contributed by atoms with Gasteiger partial charge in [-0.25, -0.2) is 4.79 Å². The van der Waals surface area contributed by atoms with Crippen molar-refractivity contribution in [3.05, 3.63) is 64.7 Å². The zero-order chi connectivity index (χ0) is 19.8. The highest BCUT2D eigenvalue weighted by Gasteiger charge is 2.38. The van der Waals surface area contributed by atoms with E-state index in [-0.39, 0.29) is 16.1 Å². The number of carbonyl (C=O) groups is 1. The van der Waals surface area contributed by atoms with E-state index in [1.54, 1.807) is 12.1 Å². The van der Waals surface area contributed by atoms with Gasteiger partial charge in [-0.15, -0.1) is 11.8 Å². The molecule has 0 fully saturated rings. The van der Waals surface area contributed by atoms with Gasteiger partial charge in [0.1, 0.15) is 0 Å². The number of hydrogen-bond donors (Lipinski definition) is 0. The molecule has 0 saturated heterocycles. The van der Waals surface area contributed by atoms with E-state index in [2.05, 4.69) is 58.9 Å². The van der Waals surface area contributed by atoms with Crippen LogP contribution in [0.15, 0.2) is 47.4 Å². The van der Waals surface area contributed by atoms with Crippen molar-refractivity contribution in [3.63, 3.8) is 0 Å². The molecule has 0 amide bonds. The molecule has 0 N–H and O–H groups in total. The van der Waals surface area contributed by atoms with Crippen LogP contribution >= 0.6 is 11.8 Å². The van der Waals surface area contributed by atoms with Gasteiger partial charge >= 0.3 is 5.97 Å². The average Bonchev–Trinajstić information content (AvgIpc) is 2.59. The Morgan fingerprint density at radius 2 is 1.67 bits per heavy atom. The van der Waals surface area contributed by atoms with Crippen molar-refractivity contribution < 1.29 is 9.53 Å². The highest BCUT2D eigenvalue weighted by Crippen LogP contribution is 2.51. The minimum Gasteiger partial charge on any atom is -0.465 e. The highest BCUT2D eigenvalue weighted by molar-refractivity contribution is 8.00. The summed E-state index contributed by atoms with van der Waals surface area (Å²) < 4.78 is 5.03. The maximum absolute atomic E-state index is 11.6. The normalized spacial score (nSPS) is 17.9. The molecule has 1 aliphatic heterocycles. The zero-order valence-corrected chi connectivity index (χ0v) is 17.9. The second kappa shape index (κ2) is 7.20. The Bertz CT molecular complexity index is 889. The van der Waals surface area contributed by atoms with E-state index in [4.69, 9.17) is 4.74 Å². The molecule has 0 radical (unpaired) electrons. The molecule has 0 aliphatic carbocycles. The van der Waals surface area contributed by atoms with Gasteiger partial charge < -0.3 is 4.74 Å². The van der Waals surface area contributed by atoms with Crippen molar-refractivity contribution in [2.24, 2.45) is 0 Å². The fraction of sp³-hybridized carbons (Fsp3) is 0.375. The summed E-state index contributed by atoms with van der Waals surface area (Å²) in [7, 11) is 1.40. The first kappa shape index (κ1) is 19.8. The van der Waals surface area contributed by atoms with E-state index in [0.717, 1.165) is 5.56 Å². The first-order valence-electron chi connectivity index (χ1n) is 9.32. The lowest BCUT2D eigenvalue weighted by Crippen LogP contribution is -2.33. The van der Waals surface area contributed by atoms with E-state index in [1.165, 1.54) is 35.1 Å². The fourth-order valence-corrected chi connectivity index (χ4v) is 5.66. The van der Waals surface area contributed by atoms with Crippen molar-refractivity contribution in [3.8, 4) is 0 Å². The summed E-state index contributed by atoms with van der Waals surface area (Å²) in [5, 5.41) is 0. The maximum Gasteiger partial charge on any atom is 0.337 e. The Labute approximate surface area is 167 Å². The minimum atomic E-state index is -0.306. The lowest BCUT2D eigenvalue weighted by atomic mass is 9.76. The van der Waals surface area contributed by atoms with Gasteiger partial charge in [-0.3, -0.25) is 0 Å². The van der Waals surface area contributed by atoms with Crippen LogP contribution < -0.4 is 0 Å². The smallest absolute Gasteiger partial charge is 0.337 e. The van der Waals surface area contributed by atoms with E-state index in [9.17, 15) is 4.79 Å². The molecule has 142 valence electrons. The zero-order valence-electron chi connectivity index (χ0n) is 17.1. The Morgan fingerprint density at radius 1 is 1.04 bits per heavy atom. The van der Waals surface area contributed by atoms with Gasteiger partial charge in [0.05, 0.1) is 12.7 Å². The third-order valence-electron chi connectivity index (χ3n) is 5.13. The number of hydrogen-bond acceptors (Lipinski definition) is 3. The first-order valence-corrected chi connectivity index (χ1v) is 10.1. The third kappa shape index (κ3) is 4.30. The van der Waals surface area contributed by atoms with E-state index < -0.39 is 0 Å².